The van der Waals surface area contributed by atoms with Crippen LogP contribution in [0.5, 0.6) is 11.5 Å². The molecule has 2 rings (SSSR count). The van der Waals surface area contributed by atoms with Gasteiger partial charge >= 0.3 is 0 Å². The van der Waals surface area contributed by atoms with Crippen LogP contribution in [0.3, 0.4) is 0 Å². The highest BCUT2D eigenvalue weighted by Gasteiger charge is 2.01. The smallest absolute Gasteiger partial charge is 0.277 e. The van der Waals surface area contributed by atoms with Crippen LogP contribution in [0.15, 0.2) is 53.6 Å². The van der Waals surface area contributed by atoms with Crippen LogP contribution in [0.2, 0.25) is 0 Å². The van der Waals surface area contributed by atoms with Gasteiger partial charge in [-0.25, -0.2) is 5.43 Å². The maximum atomic E-state index is 11.7. The van der Waals surface area contributed by atoms with Gasteiger partial charge in [0.1, 0.15) is 11.5 Å². The summed E-state index contributed by atoms with van der Waals surface area (Å²) in [7, 11) is 0. The van der Waals surface area contributed by atoms with Crippen molar-refractivity contribution in [2.75, 3.05) is 13.2 Å². The SMILES string of the molecule is CCOc1ccc(/C=N/NC(=O)COc2cccc(C)c2)cc1. The lowest BCUT2D eigenvalue weighted by Gasteiger charge is -2.05. The van der Waals surface area contributed by atoms with Crippen molar-refractivity contribution in [3.63, 3.8) is 0 Å². The van der Waals surface area contributed by atoms with E-state index in [2.05, 4.69) is 10.5 Å². The van der Waals surface area contributed by atoms with Gasteiger partial charge in [0.05, 0.1) is 12.8 Å². The fourth-order valence-electron chi connectivity index (χ4n) is 1.88. The first-order valence-electron chi connectivity index (χ1n) is 7.41. The second kappa shape index (κ2) is 8.58. The number of aryl methyl sites for hydroxylation is 1. The minimum atomic E-state index is -0.311. The molecule has 1 amide bonds. The van der Waals surface area contributed by atoms with Gasteiger partial charge in [-0.05, 0) is 61.4 Å². The molecule has 0 radical (unpaired) electrons. The first-order chi connectivity index (χ1) is 11.2. The average Bonchev–Trinajstić information content (AvgIpc) is 2.55. The summed E-state index contributed by atoms with van der Waals surface area (Å²) < 4.78 is 10.7. The van der Waals surface area contributed by atoms with Crippen LogP contribution in [-0.2, 0) is 4.79 Å². The van der Waals surface area contributed by atoms with E-state index in [1.165, 1.54) is 0 Å². The molecule has 0 saturated carbocycles. The van der Waals surface area contributed by atoms with Crippen LogP contribution in [0.1, 0.15) is 18.1 Å². The maximum Gasteiger partial charge on any atom is 0.277 e. The first kappa shape index (κ1) is 16.5. The molecular weight excluding hydrogens is 292 g/mol. The highest BCUT2D eigenvalue weighted by molar-refractivity contribution is 5.83. The number of rotatable bonds is 7. The van der Waals surface area contributed by atoms with Gasteiger partial charge in [-0.3, -0.25) is 4.79 Å². The molecule has 0 aliphatic heterocycles. The first-order valence-corrected chi connectivity index (χ1v) is 7.41. The lowest BCUT2D eigenvalue weighted by atomic mass is 10.2. The monoisotopic (exact) mass is 312 g/mol. The van der Waals surface area contributed by atoms with E-state index >= 15 is 0 Å². The molecule has 0 fully saturated rings. The quantitative estimate of drug-likeness (QED) is 0.631. The zero-order valence-corrected chi connectivity index (χ0v) is 13.3. The number of benzene rings is 2. The van der Waals surface area contributed by atoms with Gasteiger partial charge in [0, 0.05) is 0 Å². The molecule has 0 saturated heterocycles. The van der Waals surface area contributed by atoms with Gasteiger partial charge in [-0.15, -0.1) is 0 Å². The Bertz CT molecular complexity index is 666. The van der Waals surface area contributed by atoms with E-state index in [4.69, 9.17) is 9.47 Å². The lowest BCUT2D eigenvalue weighted by molar-refractivity contribution is -0.123. The Morgan fingerprint density at radius 2 is 1.91 bits per heavy atom. The number of hydrogen-bond donors (Lipinski definition) is 1. The van der Waals surface area contributed by atoms with Gasteiger partial charge in [0.15, 0.2) is 6.61 Å². The highest BCUT2D eigenvalue weighted by atomic mass is 16.5. The highest BCUT2D eigenvalue weighted by Crippen LogP contribution is 2.12. The second-order valence-electron chi connectivity index (χ2n) is 4.90. The maximum absolute atomic E-state index is 11.7. The molecule has 0 bridgehead atoms. The third-order valence-corrected chi connectivity index (χ3v) is 2.95. The number of nitrogens with zero attached hydrogens (tertiary/aromatic N) is 1. The summed E-state index contributed by atoms with van der Waals surface area (Å²) in [6.07, 6.45) is 1.57. The molecule has 1 N–H and O–H groups in total. The molecule has 0 atom stereocenters. The Labute approximate surface area is 135 Å². The molecule has 5 nitrogen and oxygen atoms in total. The molecule has 0 unspecified atom stereocenters. The fraction of sp³-hybridized carbons (Fsp3) is 0.222. The molecule has 120 valence electrons. The summed E-state index contributed by atoms with van der Waals surface area (Å²) in [4.78, 5) is 11.7. The molecular formula is C18H20N2O3. The topological polar surface area (TPSA) is 59.9 Å². The van der Waals surface area contributed by atoms with Gasteiger partial charge in [0.25, 0.3) is 5.91 Å². The summed E-state index contributed by atoms with van der Waals surface area (Å²) in [5.41, 5.74) is 4.38. The Balaban J connectivity index is 1.77. The number of amides is 1. The third-order valence-electron chi connectivity index (χ3n) is 2.95. The molecule has 23 heavy (non-hydrogen) atoms. The van der Waals surface area contributed by atoms with Crippen molar-refractivity contribution in [2.24, 2.45) is 5.10 Å². The van der Waals surface area contributed by atoms with Crippen LogP contribution >= 0.6 is 0 Å². The Morgan fingerprint density at radius 1 is 1.13 bits per heavy atom. The number of hydrazone groups is 1. The molecule has 5 heteroatoms. The van der Waals surface area contributed by atoms with E-state index in [9.17, 15) is 4.79 Å². The molecule has 0 aromatic heterocycles. The van der Waals surface area contributed by atoms with E-state index in [-0.39, 0.29) is 12.5 Å². The third kappa shape index (κ3) is 5.82. The van der Waals surface area contributed by atoms with E-state index in [0.29, 0.717) is 12.4 Å². The normalized spacial score (nSPS) is 10.5. The van der Waals surface area contributed by atoms with E-state index in [1.807, 2.05) is 62.4 Å². The van der Waals surface area contributed by atoms with E-state index < -0.39 is 0 Å². The molecule has 0 aliphatic carbocycles. The number of carbonyl (C=O) groups is 1. The van der Waals surface area contributed by atoms with Crippen LogP contribution in [0, 0.1) is 6.92 Å². The molecule has 2 aromatic rings. The summed E-state index contributed by atoms with van der Waals surface area (Å²) >= 11 is 0. The summed E-state index contributed by atoms with van der Waals surface area (Å²) in [5, 5.41) is 3.90. The van der Waals surface area contributed by atoms with Crippen molar-refractivity contribution in [2.45, 2.75) is 13.8 Å². The number of hydrogen-bond acceptors (Lipinski definition) is 4. The van der Waals surface area contributed by atoms with Crippen LogP contribution in [0.4, 0.5) is 0 Å². The largest absolute Gasteiger partial charge is 0.494 e. The van der Waals surface area contributed by atoms with Crippen molar-refractivity contribution in [3.8, 4) is 11.5 Å². The minimum Gasteiger partial charge on any atom is -0.494 e. The number of carbonyl (C=O) groups excluding carboxylic acids is 1. The number of ether oxygens (including phenoxy) is 2. The van der Waals surface area contributed by atoms with Crippen molar-refractivity contribution in [1.82, 2.24) is 5.43 Å². The molecule has 0 spiro atoms. The van der Waals surface area contributed by atoms with Crippen LogP contribution < -0.4 is 14.9 Å². The lowest BCUT2D eigenvalue weighted by Crippen LogP contribution is -2.24. The van der Waals surface area contributed by atoms with Crippen molar-refractivity contribution in [3.05, 3.63) is 59.7 Å². The summed E-state index contributed by atoms with van der Waals surface area (Å²) in [6, 6.07) is 15.0. The standard InChI is InChI=1S/C18H20N2O3/c1-3-22-16-9-7-15(8-10-16)12-19-20-18(21)13-23-17-6-4-5-14(2)11-17/h4-12H,3,13H2,1-2H3,(H,20,21)/b19-12+. The predicted molar refractivity (Wildman–Crippen MR) is 90.0 cm³/mol. The van der Waals surface area contributed by atoms with Crippen LogP contribution in [0.25, 0.3) is 0 Å². The van der Waals surface area contributed by atoms with Crippen LogP contribution in [-0.4, -0.2) is 25.3 Å². The Kier molecular flexibility index (Phi) is 6.17. The Hall–Kier alpha value is -2.82. The molecule has 0 aliphatic rings. The van der Waals surface area contributed by atoms with E-state index in [1.54, 1.807) is 6.21 Å². The average molecular weight is 312 g/mol. The van der Waals surface area contributed by atoms with Gasteiger partial charge in [0.2, 0.25) is 0 Å². The number of nitrogens with one attached hydrogen (secondary N) is 1. The fourth-order valence-corrected chi connectivity index (χ4v) is 1.88. The summed E-state index contributed by atoms with van der Waals surface area (Å²) in [6.45, 7) is 4.45. The zero-order chi connectivity index (χ0) is 16.5. The van der Waals surface area contributed by atoms with Crippen molar-refractivity contribution >= 4 is 12.1 Å². The van der Waals surface area contributed by atoms with Crippen molar-refractivity contribution < 1.29 is 14.3 Å². The van der Waals surface area contributed by atoms with Gasteiger partial charge < -0.3 is 9.47 Å². The second-order valence-corrected chi connectivity index (χ2v) is 4.90. The predicted octanol–water partition coefficient (Wildman–Crippen LogP) is 2.92. The summed E-state index contributed by atoms with van der Waals surface area (Å²) in [5.74, 6) is 1.16. The van der Waals surface area contributed by atoms with E-state index in [0.717, 1.165) is 16.9 Å². The van der Waals surface area contributed by atoms with Gasteiger partial charge in [-0.1, -0.05) is 12.1 Å². The molecule has 2 aromatic carbocycles. The molecule has 0 heterocycles. The Morgan fingerprint density at radius 3 is 2.61 bits per heavy atom. The minimum absolute atomic E-state index is 0.0793. The van der Waals surface area contributed by atoms with Gasteiger partial charge in [-0.2, -0.15) is 5.10 Å². The zero-order valence-electron chi connectivity index (χ0n) is 13.3. The van der Waals surface area contributed by atoms with Crippen molar-refractivity contribution in [1.29, 1.82) is 0 Å².